The van der Waals surface area contributed by atoms with Gasteiger partial charge in [-0.25, -0.2) is 4.98 Å². The molecule has 1 aromatic carbocycles. The molecule has 0 aliphatic carbocycles. The summed E-state index contributed by atoms with van der Waals surface area (Å²) in [5.41, 5.74) is 4.41. The Morgan fingerprint density at radius 1 is 1.05 bits per heavy atom. The van der Waals surface area contributed by atoms with E-state index >= 15 is 0 Å². The highest BCUT2D eigenvalue weighted by Crippen LogP contribution is 2.26. The summed E-state index contributed by atoms with van der Waals surface area (Å²) in [7, 11) is 0. The number of rotatable bonds is 3. The summed E-state index contributed by atoms with van der Waals surface area (Å²) < 4.78 is 1.96. The van der Waals surface area contributed by atoms with Gasteiger partial charge in [-0.3, -0.25) is 4.68 Å². The zero-order valence-electron chi connectivity index (χ0n) is 11.4. The van der Waals surface area contributed by atoms with Gasteiger partial charge in [0.05, 0.1) is 12.7 Å². The molecule has 0 spiro atoms. The Bertz CT molecular complexity index is 874. The quantitative estimate of drug-likeness (QED) is 0.621. The zero-order chi connectivity index (χ0) is 14.1. The van der Waals surface area contributed by atoms with Crippen LogP contribution in [-0.2, 0) is 6.54 Å². The number of aromatic nitrogens is 4. The van der Waals surface area contributed by atoms with Gasteiger partial charge in [0, 0.05) is 29.5 Å². The number of hydrogen-bond donors (Lipinski definition) is 1. The molecule has 0 saturated heterocycles. The van der Waals surface area contributed by atoms with Gasteiger partial charge in [0.2, 0.25) is 0 Å². The van der Waals surface area contributed by atoms with Crippen molar-refractivity contribution in [1.29, 1.82) is 0 Å². The number of H-pyrrole nitrogens is 1. The number of benzene rings is 1. The monoisotopic (exact) mass is 274 g/mol. The van der Waals surface area contributed by atoms with Crippen LogP contribution in [0.2, 0.25) is 0 Å². The van der Waals surface area contributed by atoms with Gasteiger partial charge >= 0.3 is 0 Å². The van der Waals surface area contributed by atoms with E-state index in [-0.39, 0.29) is 0 Å². The number of nitrogens with one attached hydrogen (secondary N) is 1. The van der Waals surface area contributed by atoms with E-state index in [1.165, 1.54) is 5.56 Å². The van der Waals surface area contributed by atoms with E-state index < -0.39 is 0 Å². The Morgan fingerprint density at radius 2 is 1.95 bits per heavy atom. The molecule has 21 heavy (non-hydrogen) atoms. The predicted molar refractivity (Wildman–Crippen MR) is 82.9 cm³/mol. The minimum atomic E-state index is 0.780. The number of hydrogen-bond acceptors (Lipinski definition) is 2. The molecule has 0 amide bonds. The Labute approximate surface area is 122 Å². The lowest BCUT2D eigenvalue weighted by Gasteiger charge is -2.01. The van der Waals surface area contributed by atoms with Crippen molar-refractivity contribution in [3.63, 3.8) is 0 Å². The van der Waals surface area contributed by atoms with Gasteiger partial charge in [-0.05, 0) is 23.3 Å². The van der Waals surface area contributed by atoms with Crippen molar-refractivity contribution in [2.75, 3.05) is 0 Å². The molecule has 1 N–H and O–H groups in total. The van der Waals surface area contributed by atoms with E-state index in [0.29, 0.717) is 0 Å². The third kappa shape index (κ3) is 2.21. The molecule has 0 atom stereocenters. The number of pyridine rings is 1. The largest absolute Gasteiger partial charge is 0.346 e. The van der Waals surface area contributed by atoms with E-state index in [1.807, 2.05) is 53.6 Å². The van der Waals surface area contributed by atoms with Crippen LogP contribution in [0.5, 0.6) is 0 Å². The van der Waals surface area contributed by atoms with Gasteiger partial charge in [0.15, 0.2) is 0 Å². The van der Waals surface area contributed by atoms with Crippen molar-refractivity contribution < 1.29 is 0 Å². The molecule has 4 aromatic rings. The SMILES string of the molecule is c1ccc(Cn2cc(-c3ccnc4[nH]ccc34)cn2)cc1. The highest BCUT2D eigenvalue weighted by atomic mass is 15.3. The summed E-state index contributed by atoms with van der Waals surface area (Å²) in [5, 5.41) is 5.59. The minimum absolute atomic E-state index is 0.780. The van der Waals surface area contributed by atoms with E-state index in [2.05, 4.69) is 33.4 Å². The number of fused-ring (bicyclic) bond motifs is 1. The number of aromatic amines is 1. The normalized spacial score (nSPS) is 11.0. The first-order valence-corrected chi connectivity index (χ1v) is 6.89. The maximum Gasteiger partial charge on any atom is 0.137 e. The van der Waals surface area contributed by atoms with Gasteiger partial charge in [-0.15, -0.1) is 0 Å². The van der Waals surface area contributed by atoms with Crippen LogP contribution >= 0.6 is 0 Å². The van der Waals surface area contributed by atoms with Crippen molar-refractivity contribution in [1.82, 2.24) is 19.7 Å². The molecular formula is C17H14N4. The zero-order valence-corrected chi connectivity index (χ0v) is 11.4. The van der Waals surface area contributed by atoms with Gasteiger partial charge in [-0.2, -0.15) is 5.10 Å². The predicted octanol–water partition coefficient (Wildman–Crippen LogP) is 3.47. The van der Waals surface area contributed by atoms with E-state index in [9.17, 15) is 0 Å². The van der Waals surface area contributed by atoms with E-state index in [0.717, 1.165) is 28.7 Å². The molecule has 0 aliphatic heterocycles. The highest BCUT2D eigenvalue weighted by molar-refractivity contribution is 5.92. The fourth-order valence-electron chi connectivity index (χ4n) is 2.57. The molecule has 0 unspecified atom stereocenters. The Kier molecular flexibility index (Phi) is 2.78. The van der Waals surface area contributed by atoms with Gasteiger partial charge in [-0.1, -0.05) is 30.3 Å². The third-order valence-corrected chi connectivity index (χ3v) is 3.59. The van der Waals surface area contributed by atoms with Gasteiger partial charge in [0.1, 0.15) is 5.65 Å². The van der Waals surface area contributed by atoms with Crippen molar-refractivity contribution >= 4 is 11.0 Å². The van der Waals surface area contributed by atoms with Crippen LogP contribution in [-0.4, -0.2) is 19.7 Å². The summed E-state index contributed by atoms with van der Waals surface area (Å²) in [4.78, 5) is 7.46. The van der Waals surface area contributed by atoms with E-state index in [4.69, 9.17) is 0 Å². The van der Waals surface area contributed by atoms with Crippen LogP contribution in [0.25, 0.3) is 22.2 Å². The smallest absolute Gasteiger partial charge is 0.137 e. The van der Waals surface area contributed by atoms with Crippen LogP contribution < -0.4 is 0 Å². The maximum absolute atomic E-state index is 4.47. The topological polar surface area (TPSA) is 46.5 Å². The molecule has 102 valence electrons. The molecule has 3 aromatic heterocycles. The second kappa shape index (κ2) is 4.90. The van der Waals surface area contributed by atoms with Crippen LogP contribution in [0.15, 0.2) is 67.3 Å². The first kappa shape index (κ1) is 11.9. The van der Waals surface area contributed by atoms with E-state index in [1.54, 1.807) is 0 Å². The second-order valence-corrected chi connectivity index (χ2v) is 5.01. The fourth-order valence-corrected chi connectivity index (χ4v) is 2.57. The van der Waals surface area contributed by atoms with Gasteiger partial charge < -0.3 is 4.98 Å². The first-order chi connectivity index (χ1) is 10.4. The molecular weight excluding hydrogens is 260 g/mol. The fraction of sp³-hybridized carbons (Fsp3) is 0.0588. The second-order valence-electron chi connectivity index (χ2n) is 5.01. The molecule has 0 aliphatic rings. The summed E-state index contributed by atoms with van der Waals surface area (Å²) in [5.74, 6) is 0. The average Bonchev–Trinajstić information content (AvgIpc) is 3.16. The molecule has 0 saturated carbocycles. The lowest BCUT2D eigenvalue weighted by atomic mass is 10.1. The Morgan fingerprint density at radius 3 is 2.86 bits per heavy atom. The van der Waals surface area contributed by atoms with Crippen LogP contribution in [0.4, 0.5) is 0 Å². The van der Waals surface area contributed by atoms with Crippen molar-refractivity contribution in [3.8, 4) is 11.1 Å². The first-order valence-electron chi connectivity index (χ1n) is 6.89. The third-order valence-electron chi connectivity index (χ3n) is 3.59. The Hall–Kier alpha value is -2.88. The maximum atomic E-state index is 4.47. The van der Waals surface area contributed by atoms with Crippen LogP contribution in [0.3, 0.4) is 0 Å². The van der Waals surface area contributed by atoms with Crippen molar-refractivity contribution in [3.05, 3.63) is 72.8 Å². The molecule has 0 bridgehead atoms. The number of nitrogens with zero attached hydrogens (tertiary/aromatic N) is 3. The lowest BCUT2D eigenvalue weighted by Crippen LogP contribution is -1.99. The van der Waals surface area contributed by atoms with Crippen LogP contribution in [0.1, 0.15) is 5.56 Å². The molecule has 3 heterocycles. The molecule has 4 nitrogen and oxygen atoms in total. The van der Waals surface area contributed by atoms with Crippen molar-refractivity contribution in [2.24, 2.45) is 0 Å². The summed E-state index contributed by atoms with van der Waals surface area (Å²) in [6.07, 6.45) is 7.72. The molecule has 0 fully saturated rings. The average molecular weight is 274 g/mol. The highest BCUT2D eigenvalue weighted by Gasteiger charge is 2.07. The molecule has 0 radical (unpaired) electrons. The lowest BCUT2D eigenvalue weighted by molar-refractivity contribution is 0.687. The summed E-state index contributed by atoms with van der Waals surface area (Å²) in [6.45, 7) is 0.780. The summed E-state index contributed by atoms with van der Waals surface area (Å²) in [6, 6.07) is 14.4. The molecule has 4 heteroatoms. The minimum Gasteiger partial charge on any atom is -0.346 e. The van der Waals surface area contributed by atoms with Crippen molar-refractivity contribution in [2.45, 2.75) is 6.54 Å². The van der Waals surface area contributed by atoms with Gasteiger partial charge in [0.25, 0.3) is 0 Å². The standard InChI is InChI=1S/C17H14N4/c1-2-4-13(5-3-1)11-21-12-14(10-20-21)15-6-8-18-17-16(15)7-9-19-17/h1-10,12H,11H2,(H,18,19). The molecule has 4 rings (SSSR count). The summed E-state index contributed by atoms with van der Waals surface area (Å²) >= 11 is 0. The Balaban J connectivity index is 1.70. The van der Waals surface area contributed by atoms with Crippen LogP contribution in [0, 0.1) is 0 Å².